The van der Waals surface area contributed by atoms with Crippen molar-refractivity contribution in [1.29, 1.82) is 0 Å². The highest BCUT2D eigenvalue weighted by Gasteiger charge is 2.37. The van der Waals surface area contributed by atoms with Gasteiger partial charge in [-0.25, -0.2) is 8.42 Å². The summed E-state index contributed by atoms with van der Waals surface area (Å²) >= 11 is 0. The molecule has 180 valence electrons. The van der Waals surface area contributed by atoms with Crippen molar-refractivity contribution in [2.75, 3.05) is 16.3 Å². The molecule has 0 spiro atoms. The number of aromatic hydroxyl groups is 2. The van der Waals surface area contributed by atoms with Crippen molar-refractivity contribution in [3.05, 3.63) is 29.5 Å². The summed E-state index contributed by atoms with van der Waals surface area (Å²) in [5.74, 6) is 0.0708. The van der Waals surface area contributed by atoms with Gasteiger partial charge in [0.05, 0.1) is 22.9 Å². The van der Waals surface area contributed by atoms with Gasteiger partial charge in [-0.2, -0.15) is 4.76 Å². The van der Waals surface area contributed by atoms with Gasteiger partial charge in [-0.05, 0) is 30.5 Å². The Balaban J connectivity index is 1.78. The molecule has 2 aromatic rings. The van der Waals surface area contributed by atoms with Crippen LogP contribution in [0.1, 0.15) is 51.3 Å². The van der Waals surface area contributed by atoms with Crippen LogP contribution in [0.3, 0.4) is 0 Å². The lowest BCUT2D eigenvalue weighted by molar-refractivity contribution is 0.384. The molecule has 0 bridgehead atoms. The second-order valence-electron chi connectivity index (χ2n) is 9.75. The predicted molar refractivity (Wildman–Crippen MR) is 128 cm³/mol. The Morgan fingerprint density at radius 1 is 1.27 bits per heavy atom. The summed E-state index contributed by atoms with van der Waals surface area (Å²) in [6.45, 7) is 6.25. The van der Waals surface area contributed by atoms with Crippen LogP contribution in [0.2, 0.25) is 0 Å². The summed E-state index contributed by atoms with van der Waals surface area (Å²) in [5, 5.41) is 25.0. The predicted octanol–water partition coefficient (Wildman–Crippen LogP) is 3.05. The average Bonchev–Trinajstić information content (AvgIpc) is 3.43. The van der Waals surface area contributed by atoms with E-state index in [2.05, 4.69) is 14.8 Å². The van der Waals surface area contributed by atoms with Gasteiger partial charge >= 0.3 is 7.52 Å². The van der Waals surface area contributed by atoms with E-state index in [1.165, 1.54) is 18.2 Å². The zero-order valence-electron chi connectivity index (χ0n) is 19.0. The van der Waals surface area contributed by atoms with E-state index in [-0.39, 0.29) is 39.7 Å². The van der Waals surface area contributed by atoms with E-state index in [1.807, 2.05) is 20.8 Å². The summed E-state index contributed by atoms with van der Waals surface area (Å²) in [5.41, 5.74) is 0.330. The van der Waals surface area contributed by atoms with Crippen LogP contribution in [0.25, 0.3) is 0 Å². The molecule has 2 heterocycles. The van der Waals surface area contributed by atoms with Crippen LogP contribution in [0.5, 0.6) is 11.6 Å². The van der Waals surface area contributed by atoms with E-state index in [1.54, 1.807) is 4.57 Å². The smallest absolute Gasteiger partial charge is 0.346 e. The molecule has 0 saturated heterocycles. The van der Waals surface area contributed by atoms with E-state index >= 15 is 0 Å². The van der Waals surface area contributed by atoms with E-state index < -0.39 is 23.0 Å². The van der Waals surface area contributed by atoms with E-state index in [9.17, 15) is 28.1 Å². The molecular formula is C21H29N4O6PS. The van der Waals surface area contributed by atoms with E-state index in [0.29, 0.717) is 18.2 Å². The second-order valence-corrected chi connectivity index (χ2v) is 13.3. The highest BCUT2D eigenvalue weighted by molar-refractivity contribution is 7.92. The minimum absolute atomic E-state index is 0.0333. The Kier molecular flexibility index (Phi) is 5.58. The number of anilines is 2. The number of nitrogens with one attached hydrogen (secondary N) is 2. The number of sulfonamides is 1. The van der Waals surface area contributed by atoms with Gasteiger partial charge in [-0.3, -0.25) is 9.29 Å². The molecule has 5 N–H and O–H groups in total. The number of benzene rings is 1. The number of hydrogen-bond acceptors (Lipinski definition) is 6. The van der Waals surface area contributed by atoms with Crippen molar-refractivity contribution < 1.29 is 28.1 Å². The van der Waals surface area contributed by atoms with Crippen molar-refractivity contribution in [2.24, 2.45) is 10.7 Å². The molecule has 2 aliphatic rings. The summed E-state index contributed by atoms with van der Waals surface area (Å²) in [6, 6.07) is 4.13. The molecular weight excluding hydrogens is 467 g/mol. The molecule has 1 aromatic heterocycles. The summed E-state index contributed by atoms with van der Waals surface area (Å²) < 4.78 is 44.0. The molecule has 1 aliphatic heterocycles. The molecule has 1 aromatic carbocycles. The highest BCUT2D eigenvalue weighted by Crippen LogP contribution is 2.50. The van der Waals surface area contributed by atoms with Gasteiger partial charge in [0, 0.05) is 17.6 Å². The first-order valence-electron chi connectivity index (χ1n) is 10.6. The molecule has 1 saturated carbocycles. The third-order valence-electron chi connectivity index (χ3n) is 5.72. The zero-order valence-corrected chi connectivity index (χ0v) is 20.7. The fraction of sp³-hybridized carbons (Fsp3) is 0.476. The number of nitrogens with zero attached hydrogens (tertiary/aromatic N) is 2. The first-order chi connectivity index (χ1) is 15.2. The van der Waals surface area contributed by atoms with E-state index in [4.69, 9.17) is 0 Å². The van der Waals surface area contributed by atoms with Crippen LogP contribution in [0.4, 0.5) is 11.4 Å². The number of amidine groups is 1. The molecule has 10 nitrogen and oxygen atoms in total. The molecule has 1 fully saturated rings. The highest BCUT2D eigenvalue weighted by atomic mass is 32.2. The minimum atomic E-state index is -4.34. The Labute approximate surface area is 192 Å². The van der Waals surface area contributed by atoms with Crippen LogP contribution in [0, 0.1) is 5.92 Å². The Morgan fingerprint density at radius 3 is 2.52 bits per heavy atom. The van der Waals surface area contributed by atoms with Crippen molar-refractivity contribution >= 4 is 40.1 Å². The van der Waals surface area contributed by atoms with Crippen LogP contribution in [-0.2, 0) is 26.5 Å². The van der Waals surface area contributed by atoms with Crippen LogP contribution >= 0.6 is 7.52 Å². The Hall–Kier alpha value is -2.49. The average molecular weight is 497 g/mol. The lowest BCUT2D eigenvalue weighted by atomic mass is 9.91. The molecule has 0 radical (unpaired) electrons. The largest absolute Gasteiger partial charge is 0.505 e. The first-order valence-corrected chi connectivity index (χ1v) is 14.2. The topological polar surface area (TPSA) is 153 Å². The van der Waals surface area contributed by atoms with Crippen LogP contribution in [0.15, 0.2) is 23.0 Å². The normalized spacial score (nSPS) is 20.7. The van der Waals surface area contributed by atoms with Crippen molar-refractivity contribution in [3.63, 3.8) is 0 Å². The third-order valence-corrected chi connectivity index (χ3v) is 7.79. The lowest BCUT2D eigenvalue weighted by Gasteiger charge is -2.23. The fourth-order valence-electron chi connectivity index (χ4n) is 4.12. The maximum absolute atomic E-state index is 13.1. The number of rotatable bonds is 6. The molecule has 33 heavy (non-hydrogen) atoms. The fourth-order valence-corrected chi connectivity index (χ4v) is 5.95. The number of aromatic nitrogens is 1. The number of fused-ring (bicyclic) bond motifs is 1. The van der Waals surface area contributed by atoms with Gasteiger partial charge in [-0.1, -0.05) is 33.6 Å². The Morgan fingerprint density at radius 2 is 1.94 bits per heavy atom. The maximum atomic E-state index is 13.1. The van der Waals surface area contributed by atoms with E-state index in [0.717, 1.165) is 25.5 Å². The summed E-state index contributed by atoms with van der Waals surface area (Å²) in [7, 11) is -7.91. The molecule has 4 rings (SSSR count). The lowest BCUT2D eigenvalue weighted by Crippen LogP contribution is -2.25. The van der Waals surface area contributed by atoms with Gasteiger partial charge in [0.25, 0.3) is 0 Å². The minimum Gasteiger partial charge on any atom is -0.505 e. The SMILES string of the molecule is CC(C)(C)c1c(O)c(C2=NP(=O)(O)c3cc(NS(C)(=O)=O)ccc3N2)c(O)n1CCC1CC1. The van der Waals surface area contributed by atoms with Crippen LogP contribution < -0.4 is 15.3 Å². The van der Waals surface area contributed by atoms with Gasteiger partial charge in [0.15, 0.2) is 11.6 Å². The van der Waals surface area contributed by atoms with Crippen molar-refractivity contribution in [3.8, 4) is 11.6 Å². The maximum Gasteiger partial charge on any atom is 0.346 e. The third kappa shape index (κ3) is 4.76. The van der Waals surface area contributed by atoms with Crippen molar-refractivity contribution in [2.45, 2.75) is 52.0 Å². The zero-order chi connectivity index (χ0) is 24.3. The molecule has 0 amide bonds. The molecule has 1 aliphatic carbocycles. The Bertz CT molecular complexity index is 1300. The summed E-state index contributed by atoms with van der Waals surface area (Å²) in [4.78, 5) is 10.7. The first kappa shape index (κ1) is 23.7. The van der Waals surface area contributed by atoms with Crippen molar-refractivity contribution in [1.82, 2.24) is 4.57 Å². The monoisotopic (exact) mass is 496 g/mol. The van der Waals surface area contributed by atoms with Gasteiger partial charge in [0.1, 0.15) is 5.56 Å². The molecule has 1 atom stereocenters. The van der Waals surface area contributed by atoms with Crippen LogP contribution in [-0.4, -0.2) is 40.2 Å². The second kappa shape index (κ2) is 7.78. The molecule has 12 heteroatoms. The van der Waals surface area contributed by atoms with Gasteiger partial charge in [0.2, 0.25) is 15.9 Å². The van der Waals surface area contributed by atoms with Gasteiger partial charge < -0.3 is 25.0 Å². The quantitative estimate of drug-likeness (QED) is 0.385. The molecule has 1 unspecified atom stereocenters. The number of hydrogen-bond donors (Lipinski definition) is 5. The standard InChI is InChI=1S/C21H29N4O6PS/c1-21(2,3)18-17(26)16(20(27)25(18)10-9-12-5-6-12)19-22-14-8-7-13(24-33(4,30)31)11-15(14)32(28,29)23-19/h7-8,11-12,24,26-27H,5-6,9-10H2,1-4H3,(H2,22,23,28,29). The van der Waals surface area contributed by atoms with Gasteiger partial charge in [-0.15, -0.1) is 0 Å². The summed E-state index contributed by atoms with van der Waals surface area (Å²) in [6.07, 6.45) is 4.15.